The lowest BCUT2D eigenvalue weighted by molar-refractivity contribution is 0.0239. The highest BCUT2D eigenvalue weighted by Gasteiger charge is 2.39. The Kier molecular flexibility index (Phi) is 2.13. The van der Waals surface area contributed by atoms with Crippen LogP contribution in [0.4, 0.5) is 0 Å². The number of likely N-dealkylation sites (tertiary alicyclic amines) is 1. The van der Waals surface area contributed by atoms with E-state index in [4.69, 9.17) is 4.74 Å². The first kappa shape index (κ1) is 8.52. The molecule has 0 amide bonds. The van der Waals surface area contributed by atoms with Crippen LogP contribution in [0.15, 0.2) is 0 Å². The smallest absolute Gasteiger partial charge is 0.0731 e. The summed E-state index contributed by atoms with van der Waals surface area (Å²) >= 11 is 0. The van der Waals surface area contributed by atoms with E-state index >= 15 is 0 Å². The largest absolute Gasteiger partial charge is 0.376 e. The fraction of sp³-hybridized carbons (Fsp3) is 1.00. The maximum atomic E-state index is 5.73. The highest BCUT2D eigenvalue weighted by molar-refractivity contribution is 4.91. The Morgan fingerprint density at radius 2 is 2.17 bits per heavy atom. The molecule has 0 aliphatic carbocycles. The van der Waals surface area contributed by atoms with E-state index < -0.39 is 0 Å². The lowest BCUT2D eigenvalue weighted by atomic mass is 9.93. The van der Waals surface area contributed by atoms with Gasteiger partial charge in [-0.05, 0) is 33.1 Å². The van der Waals surface area contributed by atoms with Crippen LogP contribution in [-0.2, 0) is 4.74 Å². The second-order valence-electron chi connectivity index (χ2n) is 4.50. The van der Waals surface area contributed by atoms with E-state index in [9.17, 15) is 0 Å². The summed E-state index contributed by atoms with van der Waals surface area (Å²) in [5.74, 6) is 0.814. The number of fused-ring (bicyclic) bond motifs is 2. The molecule has 2 heteroatoms. The topological polar surface area (TPSA) is 12.5 Å². The van der Waals surface area contributed by atoms with Gasteiger partial charge in [0.15, 0.2) is 0 Å². The van der Waals surface area contributed by atoms with Crippen molar-refractivity contribution >= 4 is 0 Å². The second kappa shape index (κ2) is 3.00. The fourth-order valence-corrected chi connectivity index (χ4v) is 2.55. The Bertz CT molecular complexity index is 169. The third-order valence-corrected chi connectivity index (χ3v) is 3.31. The monoisotopic (exact) mass is 169 g/mol. The predicted octanol–water partition coefficient (Wildman–Crippen LogP) is 1.50. The van der Waals surface area contributed by atoms with Crippen molar-refractivity contribution in [2.24, 2.45) is 5.92 Å². The molecule has 2 heterocycles. The van der Waals surface area contributed by atoms with E-state index in [1.165, 1.54) is 13.0 Å². The van der Waals surface area contributed by atoms with Gasteiger partial charge in [0.05, 0.1) is 12.7 Å². The average Bonchev–Trinajstić information content (AvgIpc) is 2.41. The van der Waals surface area contributed by atoms with Gasteiger partial charge >= 0.3 is 0 Å². The van der Waals surface area contributed by atoms with Gasteiger partial charge in [-0.15, -0.1) is 0 Å². The van der Waals surface area contributed by atoms with E-state index in [1.807, 2.05) is 0 Å². The van der Waals surface area contributed by atoms with Crippen molar-refractivity contribution in [3.63, 3.8) is 0 Å². The standard InChI is InChI=1S/C10H19NO/c1-7(2)11-5-9-4-10(8(11)3)12-6-9/h7-10H,4-6H2,1-3H3/t8-,9+,10-/m0/s1. The van der Waals surface area contributed by atoms with Crippen molar-refractivity contribution < 1.29 is 4.74 Å². The van der Waals surface area contributed by atoms with Gasteiger partial charge < -0.3 is 4.74 Å². The molecule has 0 saturated carbocycles. The molecule has 2 aliphatic heterocycles. The van der Waals surface area contributed by atoms with Crippen LogP contribution in [0.5, 0.6) is 0 Å². The van der Waals surface area contributed by atoms with E-state index in [0.717, 1.165) is 12.5 Å². The van der Waals surface area contributed by atoms with Crippen molar-refractivity contribution in [2.75, 3.05) is 13.2 Å². The highest BCUT2D eigenvalue weighted by Crippen LogP contribution is 2.32. The van der Waals surface area contributed by atoms with E-state index in [1.54, 1.807) is 0 Å². The Labute approximate surface area is 74.9 Å². The second-order valence-corrected chi connectivity index (χ2v) is 4.50. The lowest BCUT2D eigenvalue weighted by Gasteiger charge is -2.39. The predicted molar refractivity (Wildman–Crippen MR) is 49.2 cm³/mol. The van der Waals surface area contributed by atoms with Gasteiger partial charge in [-0.1, -0.05) is 0 Å². The molecule has 12 heavy (non-hydrogen) atoms. The Morgan fingerprint density at radius 1 is 1.42 bits per heavy atom. The van der Waals surface area contributed by atoms with Crippen LogP contribution in [-0.4, -0.2) is 36.2 Å². The molecule has 2 saturated heterocycles. The summed E-state index contributed by atoms with van der Waals surface area (Å²) in [5, 5.41) is 0. The van der Waals surface area contributed by atoms with E-state index in [2.05, 4.69) is 25.7 Å². The molecule has 0 aromatic rings. The SMILES string of the molecule is CC(C)N1C[C@@H]2CO[C@@H](C2)[C@@H]1C. The molecule has 70 valence electrons. The molecule has 2 bridgehead atoms. The maximum absolute atomic E-state index is 5.73. The zero-order valence-electron chi connectivity index (χ0n) is 8.29. The Balaban J connectivity index is 2.07. The molecule has 0 aromatic carbocycles. The number of hydrogen-bond acceptors (Lipinski definition) is 2. The molecule has 2 rings (SSSR count). The fourth-order valence-electron chi connectivity index (χ4n) is 2.55. The summed E-state index contributed by atoms with van der Waals surface area (Å²) in [4.78, 5) is 2.58. The molecule has 2 aliphatic rings. The van der Waals surface area contributed by atoms with Gasteiger partial charge in [0.25, 0.3) is 0 Å². The zero-order valence-corrected chi connectivity index (χ0v) is 8.29. The number of piperidine rings is 1. The summed E-state index contributed by atoms with van der Waals surface area (Å²) in [6, 6.07) is 1.30. The molecule has 0 aromatic heterocycles. The van der Waals surface area contributed by atoms with E-state index in [0.29, 0.717) is 18.2 Å². The van der Waals surface area contributed by atoms with Crippen LogP contribution in [0.1, 0.15) is 27.2 Å². The first-order valence-corrected chi connectivity index (χ1v) is 5.06. The van der Waals surface area contributed by atoms with Crippen molar-refractivity contribution in [3.05, 3.63) is 0 Å². The number of nitrogens with zero attached hydrogens (tertiary/aromatic N) is 1. The lowest BCUT2D eigenvalue weighted by Crippen LogP contribution is -2.49. The highest BCUT2D eigenvalue weighted by atomic mass is 16.5. The molecule has 2 fully saturated rings. The minimum absolute atomic E-state index is 0.520. The number of hydrogen-bond donors (Lipinski definition) is 0. The van der Waals surface area contributed by atoms with Crippen LogP contribution < -0.4 is 0 Å². The molecule has 3 atom stereocenters. The minimum atomic E-state index is 0.520. The third kappa shape index (κ3) is 1.27. The zero-order chi connectivity index (χ0) is 8.72. The average molecular weight is 169 g/mol. The summed E-state index contributed by atoms with van der Waals surface area (Å²) in [6.45, 7) is 9.10. The summed E-state index contributed by atoms with van der Waals surface area (Å²) in [5.41, 5.74) is 0. The minimum Gasteiger partial charge on any atom is -0.376 e. The van der Waals surface area contributed by atoms with Gasteiger partial charge in [-0.2, -0.15) is 0 Å². The van der Waals surface area contributed by atoms with E-state index in [-0.39, 0.29) is 0 Å². The summed E-state index contributed by atoms with van der Waals surface area (Å²) in [6.07, 6.45) is 1.82. The number of ether oxygens (including phenoxy) is 1. The third-order valence-electron chi connectivity index (χ3n) is 3.31. The normalized spacial score (nSPS) is 42.5. The van der Waals surface area contributed by atoms with Gasteiger partial charge in [-0.3, -0.25) is 4.90 Å². The summed E-state index contributed by atoms with van der Waals surface area (Å²) in [7, 11) is 0. The van der Waals surface area contributed by atoms with Gasteiger partial charge in [-0.25, -0.2) is 0 Å². The van der Waals surface area contributed by atoms with Crippen LogP contribution in [0.2, 0.25) is 0 Å². The molecule has 2 nitrogen and oxygen atoms in total. The molecular formula is C10H19NO. The van der Waals surface area contributed by atoms with Crippen molar-refractivity contribution in [1.82, 2.24) is 4.90 Å². The maximum Gasteiger partial charge on any atom is 0.0731 e. The molecule has 0 unspecified atom stereocenters. The molecular weight excluding hydrogens is 150 g/mol. The van der Waals surface area contributed by atoms with Gasteiger partial charge in [0.1, 0.15) is 0 Å². The quantitative estimate of drug-likeness (QED) is 0.590. The van der Waals surface area contributed by atoms with Crippen molar-refractivity contribution in [1.29, 1.82) is 0 Å². The van der Waals surface area contributed by atoms with Crippen LogP contribution in [0, 0.1) is 5.92 Å². The van der Waals surface area contributed by atoms with Crippen LogP contribution >= 0.6 is 0 Å². The molecule has 0 N–H and O–H groups in total. The van der Waals surface area contributed by atoms with Gasteiger partial charge in [0.2, 0.25) is 0 Å². The molecule has 0 spiro atoms. The molecule has 0 radical (unpaired) electrons. The van der Waals surface area contributed by atoms with Gasteiger partial charge in [0, 0.05) is 18.6 Å². The van der Waals surface area contributed by atoms with Crippen LogP contribution in [0.3, 0.4) is 0 Å². The number of rotatable bonds is 1. The Hall–Kier alpha value is -0.0800. The van der Waals surface area contributed by atoms with Crippen molar-refractivity contribution in [2.45, 2.75) is 45.4 Å². The first-order valence-electron chi connectivity index (χ1n) is 5.06. The first-order chi connectivity index (χ1) is 5.68. The van der Waals surface area contributed by atoms with Crippen LogP contribution in [0.25, 0.3) is 0 Å². The summed E-state index contributed by atoms with van der Waals surface area (Å²) < 4.78 is 5.73. The van der Waals surface area contributed by atoms with Crippen molar-refractivity contribution in [3.8, 4) is 0 Å². The Morgan fingerprint density at radius 3 is 2.83 bits per heavy atom.